The summed E-state index contributed by atoms with van der Waals surface area (Å²) in [4.78, 5) is 42.9. The SMILES string of the molecule is CC(=O)c1ccc(C)c(O)c1.COC(=O)c1ccc(CO/N=C(\C)c2ccc(C)c(O)c2)cc1.COC(=O)c1ccc(CON)cc1.Cl. The average Bonchev–Trinajstić information content (AvgIpc) is 3.07. The van der Waals surface area contributed by atoms with E-state index in [2.05, 4.69) is 19.5 Å². The van der Waals surface area contributed by atoms with Crippen LogP contribution in [-0.4, -0.2) is 47.9 Å². The molecule has 0 bridgehead atoms. The van der Waals surface area contributed by atoms with Crippen LogP contribution in [0.15, 0.2) is 90.1 Å². The van der Waals surface area contributed by atoms with Crippen LogP contribution in [-0.2, 0) is 32.4 Å². The number of hydrogen-bond acceptors (Lipinski definition) is 11. The number of benzene rings is 4. The molecule has 0 saturated heterocycles. The number of Topliss-reactive ketones (excluding diaryl/α,β-unsaturated/α-hetero) is 1. The Labute approximate surface area is 286 Å². The van der Waals surface area contributed by atoms with Gasteiger partial charge in [0.05, 0.1) is 37.7 Å². The summed E-state index contributed by atoms with van der Waals surface area (Å²) in [5.41, 5.74) is 6.43. The molecule has 4 N–H and O–H groups in total. The van der Waals surface area contributed by atoms with Crippen LogP contribution in [0.4, 0.5) is 0 Å². The molecule has 0 aliphatic carbocycles. The van der Waals surface area contributed by atoms with Crippen molar-refractivity contribution < 1.29 is 43.7 Å². The number of oxime groups is 1. The summed E-state index contributed by atoms with van der Waals surface area (Å²) in [7, 11) is 2.69. The number of nitrogens with two attached hydrogens (primary N) is 1. The number of methoxy groups -OCH3 is 2. The second kappa shape index (κ2) is 20.8. The first-order valence-electron chi connectivity index (χ1n) is 14.3. The lowest BCUT2D eigenvalue weighted by atomic mass is 10.1. The molecule has 4 aromatic rings. The van der Waals surface area contributed by atoms with Crippen LogP contribution in [0, 0.1) is 13.8 Å². The number of carbonyl (C=O) groups excluding carboxylic acids is 3. The summed E-state index contributed by atoms with van der Waals surface area (Å²) in [6, 6.07) is 24.1. The number of hydrogen-bond donors (Lipinski definition) is 3. The van der Waals surface area contributed by atoms with Crippen molar-refractivity contribution in [3.8, 4) is 11.5 Å². The Balaban J connectivity index is 0.000000391. The van der Waals surface area contributed by atoms with Gasteiger partial charge in [-0.25, -0.2) is 15.5 Å². The summed E-state index contributed by atoms with van der Waals surface area (Å²) in [6.07, 6.45) is 0. The van der Waals surface area contributed by atoms with E-state index in [9.17, 15) is 24.6 Å². The molecule has 0 heterocycles. The number of aromatic hydroxyl groups is 2. The molecule has 0 atom stereocenters. The van der Waals surface area contributed by atoms with Gasteiger partial charge in [0.1, 0.15) is 18.1 Å². The van der Waals surface area contributed by atoms with Gasteiger partial charge in [-0.15, -0.1) is 12.4 Å². The van der Waals surface area contributed by atoms with Crippen molar-refractivity contribution in [2.45, 2.75) is 40.9 Å². The van der Waals surface area contributed by atoms with E-state index in [1.165, 1.54) is 27.2 Å². The van der Waals surface area contributed by atoms with E-state index in [0.717, 1.165) is 27.8 Å². The minimum Gasteiger partial charge on any atom is -0.508 e. The molecule has 0 radical (unpaired) electrons. The Morgan fingerprint density at radius 3 is 1.44 bits per heavy atom. The van der Waals surface area contributed by atoms with Gasteiger partial charge >= 0.3 is 11.9 Å². The summed E-state index contributed by atoms with van der Waals surface area (Å²) in [5.74, 6) is 4.56. The number of ketones is 1. The minimum atomic E-state index is -0.370. The van der Waals surface area contributed by atoms with Crippen molar-refractivity contribution in [2.24, 2.45) is 11.1 Å². The zero-order chi connectivity index (χ0) is 34.9. The van der Waals surface area contributed by atoms with E-state index in [1.807, 2.05) is 26.0 Å². The van der Waals surface area contributed by atoms with E-state index in [4.69, 9.17) is 10.7 Å². The maximum atomic E-state index is 11.3. The van der Waals surface area contributed by atoms with E-state index in [-0.39, 0.29) is 48.2 Å². The van der Waals surface area contributed by atoms with Crippen molar-refractivity contribution in [1.82, 2.24) is 0 Å². The molecule has 12 heteroatoms. The van der Waals surface area contributed by atoms with Gasteiger partial charge in [0.2, 0.25) is 0 Å². The molecule has 0 spiro atoms. The summed E-state index contributed by atoms with van der Waals surface area (Å²) < 4.78 is 9.18. The Morgan fingerprint density at radius 1 is 0.646 bits per heavy atom. The van der Waals surface area contributed by atoms with Crippen molar-refractivity contribution in [3.63, 3.8) is 0 Å². The first-order chi connectivity index (χ1) is 22.4. The lowest BCUT2D eigenvalue weighted by molar-refractivity contribution is 0.0591. The predicted octanol–water partition coefficient (Wildman–Crippen LogP) is 6.62. The molecule has 0 unspecified atom stereocenters. The van der Waals surface area contributed by atoms with E-state index in [0.29, 0.717) is 29.0 Å². The van der Waals surface area contributed by atoms with E-state index >= 15 is 0 Å². The highest BCUT2D eigenvalue weighted by atomic mass is 35.5. The lowest BCUT2D eigenvalue weighted by Crippen LogP contribution is -2.02. The fourth-order valence-electron chi connectivity index (χ4n) is 3.73. The van der Waals surface area contributed by atoms with Crippen LogP contribution in [0.1, 0.15) is 72.7 Å². The summed E-state index contributed by atoms with van der Waals surface area (Å²) >= 11 is 0. The third-order valence-electron chi connectivity index (χ3n) is 6.68. The molecule has 11 nitrogen and oxygen atoms in total. The highest BCUT2D eigenvalue weighted by molar-refractivity contribution is 5.98. The lowest BCUT2D eigenvalue weighted by Gasteiger charge is -2.05. The molecular formula is C36H41ClN2O9. The predicted molar refractivity (Wildman–Crippen MR) is 184 cm³/mol. The number of phenols is 2. The van der Waals surface area contributed by atoms with E-state index < -0.39 is 0 Å². The van der Waals surface area contributed by atoms with Gasteiger partial charge < -0.3 is 24.5 Å². The smallest absolute Gasteiger partial charge is 0.337 e. The summed E-state index contributed by atoms with van der Waals surface area (Å²) in [5, 5.41) is 23.0. The number of aryl methyl sites for hydroxylation is 2. The number of phenolic OH excluding ortho intramolecular Hbond substituents is 2. The Morgan fingerprint density at radius 2 is 1.04 bits per heavy atom. The van der Waals surface area contributed by atoms with Gasteiger partial charge in [0, 0.05) is 11.1 Å². The van der Waals surface area contributed by atoms with Crippen LogP contribution in [0.3, 0.4) is 0 Å². The van der Waals surface area contributed by atoms with Crippen molar-refractivity contribution in [3.05, 3.63) is 129 Å². The van der Waals surface area contributed by atoms with Gasteiger partial charge in [-0.05, 0) is 86.3 Å². The topological polar surface area (TPSA) is 167 Å². The largest absolute Gasteiger partial charge is 0.508 e. The highest BCUT2D eigenvalue weighted by Crippen LogP contribution is 2.19. The fourth-order valence-corrected chi connectivity index (χ4v) is 3.73. The molecule has 0 amide bonds. The van der Waals surface area contributed by atoms with Crippen LogP contribution in [0.2, 0.25) is 0 Å². The normalized spacial score (nSPS) is 10.2. The Hall–Kier alpha value is -5.23. The molecule has 48 heavy (non-hydrogen) atoms. The first-order valence-corrected chi connectivity index (χ1v) is 14.3. The Bertz CT molecular complexity index is 1670. The van der Waals surface area contributed by atoms with Crippen molar-refractivity contribution in [2.75, 3.05) is 14.2 Å². The molecule has 4 rings (SSSR count). The third kappa shape index (κ3) is 13.2. The number of rotatable bonds is 9. The monoisotopic (exact) mass is 680 g/mol. The Kier molecular flexibility index (Phi) is 17.7. The van der Waals surface area contributed by atoms with Crippen LogP contribution >= 0.6 is 12.4 Å². The van der Waals surface area contributed by atoms with Crippen LogP contribution in [0.5, 0.6) is 11.5 Å². The first kappa shape index (κ1) is 40.8. The second-order valence-electron chi connectivity index (χ2n) is 10.2. The molecule has 0 saturated carbocycles. The van der Waals surface area contributed by atoms with Gasteiger partial charge in [0.15, 0.2) is 5.78 Å². The molecular weight excluding hydrogens is 640 g/mol. The molecule has 0 fully saturated rings. The third-order valence-corrected chi connectivity index (χ3v) is 6.68. The van der Waals surface area contributed by atoms with Gasteiger partial charge in [-0.2, -0.15) is 0 Å². The average molecular weight is 681 g/mol. The van der Waals surface area contributed by atoms with Gasteiger partial charge in [-0.3, -0.25) is 9.63 Å². The molecule has 0 aromatic heterocycles. The number of carbonyl (C=O) groups is 3. The van der Waals surface area contributed by atoms with Crippen molar-refractivity contribution in [1.29, 1.82) is 0 Å². The minimum absolute atomic E-state index is 0. The molecule has 4 aromatic carbocycles. The second-order valence-corrected chi connectivity index (χ2v) is 10.2. The fraction of sp³-hybridized carbons (Fsp3) is 0.222. The highest BCUT2D eigenvalue weighted by Gasteiger charge is 2.06. The van der Waals surface area contributed by atoms with Crippen LogP contribution in [0.25, 0.3) is 0 Å². The molecule has 256 valence electrons. The van der Waals surface area contributed by atoms with Gasteiger partial charge in [0.25, 0.3) is 0 Å². The van der Waals surface area contributed by atoms with Crippen molar-refractivity contribution >= 4 is 35.8 Å². The maximum Gasteiger partial charge on any atom is 0.337 e. The molecule has 0 aliphatic heterocycles. The van der Waals surface area contributed by atoms with E-state index in [1.54, 1.807) is 73.7 Å². The number of ether oxygens (including phenoxy) is 2. The van der Waals surface area contributed by atoms with Gasteiger partial charge in [-0.1, -0.05) is 53.7 Å². The molecule has 0 aliphatic rings. The number of nitrogens with zero attached hydrogens (tertiary/aromatic N) is 1. The zero-order valence-electron chi connectivity index (χ0n) is 27.7. The maximum absolute atomic E-state index is 11.3. The number of halogens is 1. The zero-order valence-corrected chi connectivity index (χ0v) is 28.5. The van der Waals surface area contributed by atoms with Crippen LogP contribution < -0.4 is 5.90 Å². The standard InChI is InChI=1S/C18H19NO4.C9H11NO3.C9H10O2.ClH/c1-12-4-7-16(10-17(12)20)13(2)19-23-11-14-5-8-15(9-6-14)18(21)22-3;1-12-9(11)8-4-2-7(3-5-8)6-13-10;1-6-3-4-8(7(2)10)5-9(6)11;/h4-10,20H,11H2,1-3H3;2-5H,6,10H2,1H3;3-5,11H,1-2H3;1H/b19-13+;;;. The number of esters is 2. The quantitative estimate of drug-likeness (QED) is 0.0757. The summed E-state index contributed by atoms with van der Waals surface area (Å²) in [6.45, 7) is 7.53.